The number of ether oxygens (including phenoxy) is 1. The van der Waals surface area contributed by atoms with Gasteiger partial charge in [0.1, 0.15) is 0 Å². The van der Waals surface area contributed by atoms with Crippen molar-refractivity contribution in [2.45, 2.75) is 45.6 Å². The smallest absolute Gasteiger partial charge is 0.0781 e. The molecule has 1 aromatic heterocycles. The van der Waals surface area contributed by atoms with Gasteiger partial charge >= 0.3 is 0 Å². The lowest BCUT2D eigenvalue weighted by Gasteiger charge is -2.22. The average molecular weight is 284 g/mol. The van der Waals surface area contributed by atoms with Gasteiger partial charge in [-0.1, -0.05) is 25.1 Å². The lowest BCUT2D eigenvalue weighted by molar-refractivity contribution is 0.186. The highest BCUT2D eigenvalue weighted by molar-refractivity contribution is 5.95. The zero-order valence-electron chi connectivity index (χ0n) is 13.0. The topological polar surface area (TPSA) is 34.2 Å². The average Bonchev–Trinajstić information content (AvgIpc) is 2.52. The van der Waals surface area contributed by atoms with E-state index in [4.69, 9.17) is 9.72 Å². The molecule has 21 heavy (non-hydrogen) atoms. The predicted octanol–water partition coefficient (Wildman–Crippen LogP) is 4.08. The minimum absolute atomic E-state index is 0.621. The van der Waals surface area contributed by atoms with E-state index < -0.39 is 0 Å². The molecular weight excluding hydrogens is 260 g/mol. The molecule has 1 heterocycles. The van der Waals surface area contributed by atoms with Gasteiger partial charge in [-0.15, -0.1) is 0 Å². The third kappa shape index (κ3) is 2.75. The van der Waals surface area contributed by atoms with Crippen LogP contribution in [0.25, 0.3) is 10.9 Å². The number of aromatic nitrogens is 1. The summed E-state index contributed by atoms with van der Waals surface area (Å²) < 4.78 is 5.34. The molecule has 3 heteroatoms. The molecule has 3 rings (SSSR count). The third-order valence-corrected chi connectivity index (χ3v) is 4.23. The summed E-state index contributed by atoms with van der Waals surface area (Å²) >= 11 is 0. The van der Waals surface area contributed by atoms with Gasteiger partial charge < -0.3 is 10.1 Å². The Kier molecular flexibility index (Phi) is 4.39. The molecule has 0 saturated carbocycles. The number of methoxy groups -OCH3 is 1. The van der Waals surface area contributed by atoms with Crippen molar-refractivity contribution in [2.75, 3.05) is 19.0 Å². The van der Waals surface area contributed by atoms with Gasteiger partial charge in [0, 0.05) is 36.0 Å². The summed E-state index contributed by atoms with van der Waals surface area (Å²) in [4.78, 5) is 4.98. The maximum Gasteiger partial charge on any atom is 0.0781 e. The van der Waals surface area contributed by atoms with Gasteiger partial charge in [0.15, 0.2) is 0 Å². The molecule has 0 unspecified atom stereocenters. The van der Waals surface area contributed by atoms with E-state index in [9.17, 15) is 0 Å². The van der Waals surface area contributed by atoms with E-state index >= 15 is 0 Å². The van der Waals surface area contributed by atoms with E-state index in [2.05, 4.69) is 30.4 Å². The number of rotatable bonds is 5. The number of hydrogen-bond acceptors (Lipinski definition) is 3. The van der Waals surface area contributed by atoms with E-state index in [1.54, 1.807) is 7.11 Å². The van der Waals surface area contributed by atoms with Gasteiger partial charge in [-0.25, -0.2) is 0 Å². The number of anilines is 1. The van der Waals surface area contributed by atoms with E-state index in [1.807, 2.05) is 0 Å². The number of aryl methyl sites for hydroxylation is 1. The van der Waals surface area contributed by atoms with Gasteiger partial charge in [-0.2, -0.15) is 0 Å². The number of fused-ring (bicyclic) bond motifs is 2. The van der Waals surface area contributed by atoms with Crippen LogP contribution in [-0.4, -0.2) is 18.6 Å². The first-order valence-electron chi connectivity index (χ1n) is 8.01. The summed E-state index contributed by atoms with van der Waals surface area (Å²) in [6, 6.07) is 6.43. The van der Waals surface area contributed by atoms with E-state index in [1.165, 1.54) is 40.7 Å². The van der Waals surface area contributed by atoms with Crippen molar-refractivity contribution in [3.63, 3.8) is 0 Å². The van der Waals surface area contributed by atoms with Crippen molar-refractivity contribution in [3.05, 3.63) is 35.0 Å². The highest BCUT2D eigenvalue weighted by Crippen LogP contribution is 2.34. The fourth-order valence-corrected chi connectivity index (χ4v) is 3.23. The van der Waals surface area contributed by atoms with Gasteiger partial charge in [0.2, 0.25) is 0 Å². The molecule has 0 aliphatic heterocycles. The molecule has 0 spiro atoms. The molecule has 0 bridgehead atoms. The monoisotopic (exact) mass is 284 g/mol. The molecule has 1 aliphatic rings. The lowest BCUT2D eigenvalue weighted by atomic mass is 9.92. The van der Waals surface area contributed by atoms with Crippen LogP contribution in [0, 0.1) is 0 Å². The zero-order chi connectivity index (χ0) is 14.7. The van der Waals surface area contributed by atoms with Crippen LogP contribution in [0.3, 0.4) is 0 Å². The molecule has 0 atom stereocenters. The summed E-state index contributed by atoms with van der Waals surface area (Å²) in [5.41, 5.74) is 6.34. The second-order valence-electron chi connectivity index (χ2n) is 5.79. The minimum atomic E-state index is 0.621. The van der Waals surface area contributed by atoms with Crippen LogP contribution in [0.5, 0.6) is 0 Å². The number of pyridine rings is 1. The van der Waals surface area contributed by atoms with Crippen LogP contribution in [0.15, 0.2) is 18.2 Å². The summed E-state index contributed by atoms with van der Waals surface area (Å²) in [7, 11) is 1.74. The van der Waals surface area contributed by atoms with Crippen molar-refractivity contribution in [1.29, 1.82) is 0 Å². The molecule has 3 nitrogen and oxygen atoms in total. The van der Waals surface area contributed by atoms with E-state index in [-0.39, 0.29) is 0 Å². The van der Waals surface area contributed by atoms with Crippen LogP contribution >= 0.6 is 0 Å². The van der Waals surface area contributed by atoms with Gasteiger partial charge in [-0.3, -0.25) is 4.98 Å². The number of hydrogen-bond donors (Lipinski definition) is 1. The summed E-state index contributed by atoms with van der Waals surface area (Å²) in [5.74, 6) is 0. The first-order valence-corrected chi connectivity index (χ1v) is 8.01. The van der Waals surface area contributed by atoms with Crippen molar-refractivity contribution in [1.82, 2.24) is 4.98 Å². The van der Waals surface area contributed by atoms with Crippen LogP contribution in [0.1, 0.15) is 43.0 Å². The SMILES string of the molecule is CCCNc1c2c(nc3c(COC)cccc13)CCCC2. The first kappa shape index (κ1) is 14.3. The van der Waals surface area contributed by atoms with Gasteiger partial charge in [0.05, 0.1) is 12.1 Å². The maximum atomic E-state index is 5.34. The summed E-state index contributed by atoms with van der Waals surface area (Å²) in [6.45, 7) is 3.84. The van der Waals surface area contributed by atoms with Crippen molar-refractivity contribution in [3.8, 4) is 0 Å². The Bertz CT molecular complexity index is 637. The Morgan fingerprint density at radius 3 is 2.90 bits per heavy atom. The van der Waals surface area contributed by atoms with E-state index in [0.717, 1.165) is 31.3 Å². The number of para-hydroxylation sites is 1. The van der Waals surface area contributed by atoms with Crippen LogP contribution < -0.4 is 5.32 Å². The molecule has 1 aromatic carbocycles. The van der Waals surface area contributed by atoms with Gasteiger partial charge in [-0.05, 0) is 37.7 Å². The normalized spacial score (nSPS) is 14.2. The highest BCUT2D eigenvalue weighted by Gasteiger charge is 2.19. The summed E-state index contributed by atoms with van der Waals surface area (Å²) in [6.07, 6.45) is 5.92. The van der Waals surface area contributed by atoms with Crippen LogP contribution in [0.2, 0.25) is 0 Å². The largest absolute Gasteiger partial charge is 0.384 e. The Balaban J connectivity index is 2.20. The molecular formula is C18H24N2O. The molecule has 0 amide bonds. The fourth-order valence-electron chi connectivity index (χ4n) is 3.23. The maximum absolute atomic E-state index is 5.34. The minimum Gasteiger partial charge on any atom is -0.384 e. The van der Waals surface area contributed by atoms with Crippen LogP contribution in [-0.2, 0) is 24.2 Å². The Hall–Kier alpha value is -1.61. The first-order chi connectivity index (χ1) is 10.3. The highest BCUT2D eigenvalue weighted by atomic mass is 16.5. The second kappa shape index (κ2) is 6.44. The molecule has 2 aromatic rings. The number of benzene rings is 1. The predicted molar refractivity (Wildman–Crippen MR) is 87.9 cm³/mol. The lowest BCUT2D eigenvalue weighted by Crippen LogP contribution is -2.12. The molecule has 0 radical (unpaired) electrons. The van der Waals surface area contributed by atoms with Crippen molar-refractivity contribution < 1.29 is 4.74 Å². The number of nitrogens with one attached hydrogen (secondary N) is 1. The Labute approximate surface area is 126 Å². The number of nitrogens with zero attached hydrogens (tertiary/aromatic N) is 1. The molecule has 0 fully saturated rings. The van der Waals surface area contributed by atoms with Crippen molar-refractivity contribution >= 4 is 16.6 Å². The molecule has 1 N–H and O–H groups in total. The Morgan fingerprint density at radius 2 is 2.10 bits per heavy atom. The zero-order valence-corrected chi connectivity index (χ0v) is 13.0. The Morgan fingerprint density at radius 1 is 1.24 bits per heavy atom. The van der Waals surface area contributed by atoms with Crippen molar-refractivity contribution in [2.24, 2.45) is 0 Å². The standard InChI is InChI=1S/C18H24N2O/c1-3-11-19-18-14-8-4-5-10-16(14)20-17-13(12-21-2)7-6-9-15(17)18/h6-7,9H,3-5,8,10-12H2,1-2H3,(H,19,20). The summed E-state index contributed by atoms with van der Waals surface area (Å²) in [5, 5.41) is 4.90. The molecule has 1 aliphatic carbocycles. The third-order valence-electron chi connectivity index (χ3n) is 4.23. The van der Waals surface area contributed by atoms with Gasteiger partial charge in [0.25, 0.3) is 0 Å². The quantitative estimate of drug-likeness (QED) is 0.898. The second-order valence-corrected chi connectivity index (χ2v) is 5.79. The molecule has 0 saturated heterocycles. The fraction of sp³-hybridized carbons (Fsp3) is 0.500. The molecule has 112 valence electrons. The van der Waals surface area contributed by atoms with E-state index in [0.29, 0.717) is 6.61 Å². The van der Waals surface area contributed by atoms with Crippen LogP contribution in [0.4, 0.5) is 5.69 Å².